The van der Waals surface area contributed by atoms with Crippen LogP contribution in [0.4, 0.5) is 0 Å². The van der Waals surface area contributed by atoms with Crippen molar-refractivity contribution in [3.05, 3.63) is 58.1 Å². The molecule has 0 spiro atoms. The van der Waals surface area contributed by atoms with Crippen LogP contribution >= 0.6 is 11.6 Å². The molecule has 3 rings (SSSR count). The van der Waals surface area contributed by atoms with Crippen LogP contribution in [0.1, 0.15) is 15.9 Å². The Bertz CT molecular complexity index is 780. The Morgan fingerprint density at radius 1 is 1.32 bits per heavy atom. The standard InChI is InChI=1S/C17H13ClO4/c1-21-15-8-10(7-13(18)17(15)20)6-11-9-22-14-5-3-2-4-12(14)16(11)19/h2-8,20H,9H2,1H3. The van der Waals surface area contributed by atoms with Gasteiger partial charge in [0.25, 0.3) is 0 Å². The summed E-state index contributed by atoms with van der Waals surface area (Å²) in [5.41, 5.74) is 1.71. The predicted octanol–water partition coefficient (Wildman–Crippen LogP) is 3.71. The predicted molar refractivity (Wildman–Crippen MR) is 83.9 cm³/mol. The number of carbonyl (C=O) groups excluding carboxylic acids is 1. The molecule has 2 aromatic carbocycles. The van der Waals surface area contributed by atoms with Crippen LogP contribution < -0.4 is 9.47 Å². The van der Waals surface area contributed by atoms with Gasteiger partial charge in [0, 0.05) is 5.57 Å². The van der Waals surface area contributed by atoms with Crippen LogP contribution in [0.3, 0.4) is 0 Å². The first-order valence-electron chi connectivity index (χ1n) is 6.63. The molecule has 0 unspecified atom stereocenters. The first-order chi connectivity index (χ1) is 10.6. The molecular weight excluding hydrogens is 304 g/mol. The van der Waals surface area contributed by atoms with Crippen LogP contribution in [0.5, 0.6) is 17.2 Å². The van der Waals surface area contributed by atoms with Gasteiger partial charge in [0.05, 0.1) is 17.7 Å². The van der Waals surface area contributed by atoms with Gasteiger partial charge in [-0.05, 0) is 35.9 Å². The number of ether oxygens (including phenoxy) is 2. The number of rotatable bonds is 2. The monoisotopic (exact) mass is 316 g/mol. The maximum atomic E-state index is 12.5. The van der Waals surface area contributed by atoms with Gasteiger partial charge in [-0.25, -0.2) is 0 Å². The molecule has 1 aliphatic rings. The molecule has 4 nitrogen and oxygen atoms in total. The lowest BCUT2D eigenvalue weighted by Crippen LogP contribution is -2.18. The molecule has 0 atom stereocenters. The van der Waals surface area contributed by atoms with Gasteiger partial charge < -0.3 is 14.6 Å². The third-order valence-corrected chi connectivity index (χ3v) is 3.71. The summed E-state index contributed by atoms with van der Waals surface area (Å²) in [5.74, 6) is 0.641. The van der Waals surface area contributed by atoms with E-state index in [9.17, 15) is 9.90 Å². The Kier molecular flexibility index (Phi) is 3.77. The summed E-state index contributed by atoms with van der Waals surface area (Å²) in [7, 11) is 1.44. The zero-order valence-corrected chi connectivity index (χ0v) is 12.6. The van der Waals surface area contributed by atoms with Gasteiger partial charge in [-0.1, -0.05) is 23.7 Å². The molecule has 112 valence electrons. The van der Waals surface area contributed by atoms with Gasteiger partial charge in [0.1, 0.15) is 12.4 Å². The van der Waals surface area contributed by atoms with Crippen molar-refractivity contribution in [3.8, 4) is 17.2 Å². The first-order valence-corrected chi connectivity index (χ1v) is 7.01. The molecule has 1 N–H and O–H groups in total. The highest BCUT2D eigenvalue weighted by Gasteiger charge is 2.22. The van der Waals surface area contributed by atoms with Crippen LogP contribution in [0.15, 0.2) is 42.0 Å². The molecule has 2 aromatic rings. The zero-order chi connectivity index (χ0) is 15.7. The van der Waals surface area contributed by atoms with E-state index in [1.807, 2.05) is 6.07 Å². The van der Waals surface area contributed by atoms with Crippen LogP contribution in [-0.4, -0.2) is 24.6 Å². The summed E-state index contributed by atoms with van der Waals surface area (Å²) < 4.78 is 10.6. The number of benzene rings is 2. The molecule has 0 bridgehead atoms. The lowest BCUT2D eigenvalue weighted by atomic mass is 9.98. The summed E-state index contributed by atoms with van der Waals surface area (Å²) in [4.78, 5) is 12.5. The number of halogens is 1. The number of ketones is 1. The van der Waals surface area contributed by atoms with Gasteiger partial charge in [-0.15, -0.1) is 0 Å². The van der Waals surface area contributed by atoms with Gasteiger partial charge in [0.2, 0.25) is 0 Å². The number of phenols is 1. The number of Topliss-reactive ketones (excluding diaryl/α,β-unsaturated/α-hetero) is 1. The topological polar surface area (TPSA) is 55.8 Å². The Hall–Kier alpha value is -2.46. The van der Waals surface area contributed by atoms with Crippen molar-refractivity contribution >= 4 is 23.5 Å². The molecular formula is C17H13ClO4. The molecule has 0 saturated heterocycles. The minimum absolute atomic E-state index is 0.0787. The maximum Gasteiger partial charge on any atom is 0.196 e. The lowest BCUT2D eigenvalue weighted by molar-refractivity contribution is 0.100. The maximum absolute atomic E-state index is 12.5. The third kappa shape index (κ3) is 2.53. The number of para-hydroxylation sites is 1. The SMILES string of the molecule is COc1cc(C=C2COc3ccccc3C2=O)cc(Cl)c1O. The Morgan fingerprint density at radius 2 is 2.09 bits per heavy atom. The Labute approximate surface area is 132 Å². The largest absolute Gasteiger partial charge is 0.503 e. The van der Waals surface area contributed by atoms with Crippen molar-refractivity contribution in [2.45, 2.75) is 0 Å². The van der Waals surface area contributed by atoms with E-state index in [1.165, 1.54) is 7.11 Å². The van der Waals surface area contributed by atoms with E-state index in [2.05, 4.69) is 0 Å². The Morgan fingerprint density at radius 3 is 2.86 bits per heavy atom. The fraction of sp³-hybridized carbons (Fsp3) is 0.118. The average molecular weight is 317 g/mol. The molecule has 1 aliphatic heterocycles. The molecule has 1 heterocycles. The second kappa shape index (κ2) is 5.73. The molecule has 22 heavy (non-hydrogen) atoms. The second-order valence-electron chi connectivity index (χ2n) is 4.84. The molecule has 5 heteroatoms. The van der Waals surface area contributed by atoms with Gasteiger partial charge >= 0.3 is 0 Å². The summed E-state index contributed by atoms with van der Waals surface area (Å²) in [6.45, 7) is 0.191. The highest BCUT2D eigenvalue weighted by Crippen LogP contribution is 2.36. The van der Waals surface area contributed by atoms with Gasteiger partial charge in [-0.2, -0.15) is 0 Å². The molecule has 0 aliphatic carbocycles. The number of aromatic hydroxyl groups is 1. The van der Waals surface area contributed by atoms with E-state index in [0.717, 1.165) is 0 Å². The molecule has 0 radical (unpaired) electrons. The summed E-state index contributed by atoms with van der Waals surface area (Å²) in [6.07, 6.45) is 1.69. The molecule has 0 fully saturated rings. The van der Waals surface area contributed by atoms with E-state index in [0.29, 0.717) is 22.4 Å². The minimum Gasteiger partial charge on any atom is -0.503 e. The number of fused-ring (bicyclic) bond motifs is 1. The van der Waals surface area contributed by atoms with E-state index in [4.69, 9.17) is 21.1 Å². The van der Waals surface area contributed by atoms with Gasteiger partial charge in [-0.3, -0.25) is 4.79 Å². The quantitative estimate of drug-likeness (QED) is 0.858. The average Bonchev–Trinajstić information content (AvgIpc) is 2.53. The minimum atomic E-state index is -0.122. The molecule has 0 saturated carbocycles. The number of carbonyl (C=O) groups is 1. The van der Waals surface area contributed by atoms with E-state index >= 15 is 0 Å². The van der Waals surface area contributed by atoms with Crippen molar-refractivity contribution in [2.75, 3.05) is 13.7 Å². The lowest BCUT2D eigenvalue weighted by Gasteiger charge is -2.18. The van der Waals surface area contributed by atoms with Crippen molar-refractivity contribution in [3.63, 3.8) is 0 Å². The van der Waals surface area contributed by atoms with Crippen molar-refractivity contribution in [1.82, 2.24) is 0 Å². The number of hydrogen-bond acceptors (Lipinski definition) is 4. The smallest absolute Gasteiger partial charge is 0.196 e. The number of hydrogen-bond donors (Lipinski definition) is 1. The van der Waals surface area contributed by atoms with Gasteiger partial charge in [0.15, 0.2) is 17.3 Å². The Balaban J connectivity index is 2.00. The fourth-order valence-corrected chi connectivity index (χ4v) is 2.53. The molecule has 0 aromatic heterocycles. The van der Waals surface area contributed by atoms with E-state index in [1.54, 1.807) is 36.4 Å². The van der Waals surface area contributed by atoms with E-state index in [-0.39, 0.29) is 28.9 Å². The van der Waals surface area contributed by atoms with Crippen molar-refractivity contribution < 1.29 is 19.4 Å². The van der Waals surface area contributed by atoms with Crippen LogP contribution in [0, 0.1) is 0 Å². The van der Waals surface area contributed by atoms with E-state index < -0.39 is 0 Å². The normalized spacial score (nSPS) is 15.4. The van der Waals surface area contributed by atoms with Crippen LogP contribution in [0.25, 0.3) is 6.08 Å². The van der Waals surface area contributed by atoms with Crippen molar-refractivity contribution in [1.29, 1.82) is 0 Å². The third-order valence-electron chi connectivity index (χ3n) is 3.42. The second-order valence-corrected chi connectivity index (χ2v) is 5.24. The number of methoxy groups -OCH3 is 1. The summed E-state index contributed by atoms with van der Waals surface area (Å²) >= 11 is 5.96. The fourth-order valence-electron chi connectivity index (χ4n) is 2.32. The number of phenolic OH excluding ortho intramolecular Hbond substituents is 1. The van der Waals surface area contributed by atoms with Crippen molar-refractivity contribution in [2.24, 2.45) is 0 Å². The summed E-state index contributed by atoms with van der Waals surface area (Å²) in [5, 5.41) is 9.90. The van der Waals surface area contributed by atoms with Crippen LogP contribution in [-0.2, 0) is 0 Å². The highest BCUT2D eigenvalue weighted by molar-refractivity contribution is 6.32. The zero-order valence-electron chi connectivity index (χ0n) is 11.8. The molecule has 0 amide bonds. The highest BCUT2D eigenvalue weighted by atomic mass is 35.5. The summed E-state index contributed by atoms with van der Waals surface area (Å²) in [6, 6.07) is 10.3. The van der Waals surface area contributed by atoms with Crippen LogP contribution in [0.2, 0.25) is 5.02 Å². The first kappa shape index (κ1) is 14.5.